The summed E-state index contributed by atoms with van der Waals surface area (Å²) in [4.78, 5) is 14.7. The number of ether oxygens (including phenoxy) is 1. The molecule has 2 heterocycles. The summed E-state index contributed by atoms with van der Waals surface area (Å²) in [6.45, 7) is 0.996. The van der Waals surface area contributed by atoms with Crippen LogP contribution in [-0.4, -0.2) is 40.9 Å². The van der Waals surface area contributed by atoms with Crippen LogP contribution in [0.4, 0.5) is 18.9 Å². The minimum absolute atomic E-state index is 0.206. The highest BCUT2D eigenvalue weighted by Crippen LogP contribution is 2.36. The van der Waals surface area contributed by atoms with E-state index in [4.69, 9.17) is 10.00 Å². The Morgan fingerprint density at radius 1 is 1.21 bits per heavy atom. The third kappa shape index (κ3) is 5.31. The van der Waals surface area contributed by atoms with Crippen molar-refractivity contribution in [3.05, 3.63) is 78.1 Å². The van der Waals surface area contributed by atoms with Crippen LogP contribution in [0.25, 0.3) is 0 Å². The molecule has 3 aromatic rings. The van der Waals surface area contributed by atoms with Gasteiger partial charge in [0.25, 0.3) is 0 Å². The molecule has 0 aliphatic carbocycles. The van der Waals surface area contributed by atoms with Gasteiger partial charge in [-0.2, -0.15) is 23.5 Å². The highest BCUT2D eigenvalue weighted by Gasteiger charge is 2.40. The molecule has 0 saturated carbocycles. The topological polar surface area (TPSA) is 83.2 Å². The number of anilines is 1. The summed E-state index contributed by atoms with van der Waals surface area (Å²) in [5, 5.41) is 16.0. The second-order valence-electron chi connectivity index (χ2n) is 7.86. The Hall–Kier alpha value is -4.00. The number of nitrogens with zero attached hydrogens (tertiary/aromatic N) is 4. The standard InChI is InChI=1S/C24H22F3N5O2/c25-24(26,27)21-13-18(8-7-17(21)15-28)32-16-20(34-19-5-2-1-3-6-19)14-22(32)23(33)29-10-12-31-11-4-9-30-31/h1-9,11,13,20,22H,10,12,14,16H2,(H,29,33)/t20-,22-/m0/s1. The van der Waals surface area contributed by atoms with Crippen LogP contribution in [-0.2, 0) is 17.5 Å². The number of alkyl halides is 3. The first kappa shape index (κ1) is 23.2. The molecule has 1 saturated heterocycles. The van der Waals surface area contributed by atoms with Crippen molar-refractivity contribution >= 4 is 11.6 Å². The zero-order valence-corrected chi connectivity index (χ0v) is 18.1. The van der Waals surface area contributed by atoms with Gasteiger partial charge in [0, 0.05) is 31.0 Å². The number of carbonyl (C=O) groups is 1. The summed E-state index contributed by atoms with van der Waals surface area (Å²) < 4.78 is 48.3. The van der Waals surface area contributed by atoms with Crippen molar-refractivity contribution in [1.29, 1.82) is 5.26 Å². The van der Waals surface area contributed by atoms with E-state index in [1.54, 1.807) is 46.2 Å². The monoisotopic (exact) mass is 469 g/mol. The third-order valence-corrected chi connectivity index (χ3v) is 5.57. The molecule has 4 rings (SSSR count). The van der Waals surface area contributed by atoms with Crippen molar-refractivity contribution in [2.75, 3.05) is 18.0 Å². The van der Waals surface area contributed by atoms with Crippen LogP contribution in [0.15, 0.2) is 67.0 Å². The average molecular weight is 469 g/mol. The number of halogens is 3. The van der Waals surface area contributed by atoms with Crippen LogP contribution in [0.1, 0.15) is 17.5 Å². The first-order chi connectivity index (χ1) is 16.3. The van der Waals surface area contributed by atoms with E-state index in [1.807, 2.05) is 18.2 Å². The number of amides is 1. The Bertz CT molecular complexity index is 1160. The molecule has 0 radical (unpaired) electrons. The zero-order valence-electron chi connectivity index (χ0n) is 18.1. The molecule has 1 amide bonds. The highest BCUT2D eigenvalue weighted by molar-refractivity contribution is 5.86. The van der Waals surface area contributed by atoms with Crippen molar-refractivity contribution in [1.82, 2.24) is 15.1 Å². The van der Waals surface area contributed by atoms with Gasteiger partial charge in [0.1, 0.15) is 17.9 Å². The van der Waals surface area contributed by atoms with Gasteiger partial charge in [0.2, 0.25) is 5.91 Å². The number of carbonyl (C=O) groups excluding carboxylic acids is 1. The molecule has 1 N–H and O–H groups in total. The van der Waals surface area contributed by atoms with Crippen LogP contribution in [0, 0.1) is 11.3 Å². The van der Waals surface area contributed by atoms with E-state index in [2.05, 4.69) is 10.4 Å². The molecule has 1 fully saturated rings. The highest BCUT2D eigenvalue weighted by atomic mass is 19.4. The molecule has 0 bridgehead atoms. The molecule has 2 atom stereocenters. The quantitative estimate of drug-likeness (QED) is 0.572. The van der Waals surface area contributed by atoms with Crippen LogP contribution < -0.4 is 15.0 Å². The molecule has 10 heteroatoms. The molecule has 7 nitrogen and oxygen atoms in total. The number of aromatic nitrogens is 2. The predicted octanol–water partition coefficient (Wildman–Crippen LogP) is 3.62. The number of hydrogen-bond acceptors (Lipinski definition) is 5. The second kappa shape index (κ2) is 9.87. The van der Waals surface area contributed by atoms with Crippen LogP contribution >= 0.6 is 0 Å². The summed E-state index contributed by atoms with van der Waals surface area (Å²) in [6, 6.07) is 15.2. The Kier molecular flexibility index (Phi) is 6.72. The lowest BCUT2D eigenvalue weighted by Gasteiger charge is -2.26. The SMILES string of the molecule is N#Cc1ccc(N2C[C@@H](Oc3ccccc3)C[C@H]2C(=O)NCCn2cccn2)cc1C(F)(F)F. The lowest BCUT2D eigenvalue weighted by molar-refractivity contribution is -0.137. The van der Waals surface area contributed by atoms with Gasteiger partial charge in [0.05, 0.1) is 30.3 Å². The largest absolute Gasteiger partial charge is 0.488 e. The van der Waals surface area contributed by atoms with Gasteiger partial charge >= 0.3 is 6.18 Å². The fourth-order valence-electron chi connectivity index (χ4n) is 4.00. The average Bonchev–Trinajstić information content (AvgIpc) is 3.49. The Labute approximate surface area is 194 Å². The molecule has 176 valence electrons. The van der Waals surface area contributed by atoms with E-state index in [1.165, 1.54) is 6.07 Å². The van der Waals surface area contributed by atoms with Crippen LogP contribution in [0.3, 0.4) is 0 Å². The second-order valence-corrected chi connectivity index (χ2v) is 7.86. The van der Waals surface area contributed by atoms with Gasteiger partial charge in [-0.05, 0) is 36.4 Å². The molecular weight excluding hydrogens is 447 g/mol. The van der Waals surface area contributed by atoms with Gasteiger partial charge in [-0.1, -0.05) is 18.2 Å². The maximum atomic E-state index is 13.5. The lowest BCUT2D eigenvalue weighted by Crippen LogP contribution is -2.44. The molecule has 1 aliphatic rings. The van der Waals surface area contributed by atoms with Crippen LogP contribution in [0.5, 0.6) is 5.75 Å². The summed E-state index contributed by atoms with van der Waals surface area (Å²) in [5.74, 6) is 0.298. The number of hydrogen-bond donors (Lipinski definition) is 1. The Morgan fingerprint density at radius 3 is 2.68 bits per heavy atom. The summed E-state index contributed by atoms with van der Waals surface area (Å²) >= 11 is 0. The van der Waals surface area contributed by atoms with Gasteiger partial charge in [-0.15, -0.1) is 0 Å². The molecule has 34 heavy (non-hydrogen) atoms. The molecule has 0 spiro atoms. The van der Waals surface area contributed by atoms with Gasteiger partial charge in [-0.25, -0.2) is 0 Å². The van der Waals surface area contributed by atoms with E-state index < -0.39 is 29.4 Å². The summed E-state index contributed by atoms with van der Waals surface area (Å²) in [7, 11) is 0. The van der Waals surface area contributed by atoms with E-state index >= 15 is 0 Å². The van der Waals surface area contributed by atoms with E-state index in [-0.39, 0.29) is 18.1 Å². The maximum absolute atomic E-state index is 13.5. The lowest BCUT2D eigenvalue weighted by atomic mass is 10.1. The molecule has 2 aromatic carbocycles. The molecule has 1 aromatic heterocycles. The molecule has 1 aliphatic heterocycles. The van der Waals surface area contributed by atoms with Gasteiger partial charge in [-0.3, -0.25) is 9.48 Å². The third-order valence-electron chi connectivity index (χ3n) is 5.57. The normalized spacial score (nSPS) is 17.9. The van der Waals surface area contributed by atoms with Crippen molar-refractivity contribution < 1.29 is 22.7 Å². The fourth-order valence-corrected chi connectivity index (χ4v) is 4.00. The van der Waals surface area contributed by atoms with Crippen LogP contribution in [0.2, 0.25) is 0 Å². The number of benzene rings is 2. The fraction of sp³-hybridized carbons (Fsp3) is 0.292. The van der Waals surface area contributed by atoms with Crippen molar-refractivity contribution in [3.63, 3.8) is 0 Å². The first-order valence-electron chi connectivity index (χ1n) is 10.7. The smallest absolute Gasteiger partial charge is 0.417 e. The molecule has 0 unspecified atom stereocenters. The Morgan fingerprint density at radius 2 is 2.00 bits per heavy atom. The maximum Gasteiger partial charge on any atom is 0.417 e. The summed E-state index contributed by atoms with van der Waals surface area (Å²) in [6.07, 6.45) is -1.40. The zero-order chi connectivity index (χ0) is 24.1. The van der Waals surface area contributed by atoms with Crippen molar-refractivity contribution in [2.45, 2.75) is 31.3 Å². The minimum Gasteiger partial charge on any atom is -0.488 e. The predicted molar refractivity (Wildman–Crippen MR) is 118 cm³/mol. The molecular formula is C24H22F3N5O2. The van der Waals surface area contributed by atoms with Gasteiger partial charge < -0.3 is 15.0 Å². The minimum atomic E-state index is -4.69. The van der Waals surface area contributed by atoms with E-state index in [0.29, 0.717) is 25.3 Å². The summed E-state index contributed by atoms with van der Waals surface area (Å²) in [5.41, 5.74) is -1.29. The number of rotatable bonds is 7. The van der Waals surface area contributed by atoms with E-state index in [0.717, 1.165) is 12.1 Å². The van der Waals surface area contributed by atoms with E-state index in [9.17, 15) is 18.0 Å². The first-order valence-corrected chi connectivity index (χ1v) is 10.7. The number of nitrogens with one attached hydrogen (secondary N) is 1. The number of nitriles is 1. The van der Waals surface area contributed by atoms with Crippen molar-refractivity contribution in [2.24, 2.45) is 0 Å². The number of para-hydroxylation sites is 1. The van der Waals surface area contributed by atoms with Crippen molar-refractivity contribution in [3.8, 4) is 11.8 Å². The Balaban J connectivity index is 1.56. The van der Waals surface area contributed by atoms with Gasteiger partial charge in [0.15, 0.2) is 0 Å².